The predicted octanol–water partition coefficient (Wildman–Crippen LogP) is 3.29. The summed E-state index contributed by atoms with van der Waals surface area (Å²) in [4.78, 5) is 2.74. The first kappa shape index (κ1) is 17.9. The van der Waals surface area contributed by atoms with Crippen molar-refractivity contribution in [3.8, 4) is 0 Å². The molecule has 1 saturated heterocycles. The number of piperazine rings is 1. The van der Waals surface area contributed by atoms with Gasteiger partial charge in [-0.15, -0.1) is 0 Å². The third kappa shape index (κ3) is 4.71. The number of rotatable bonds is 8. The number of ether oxygens (including phenoxy) is 1. The lowest BCUT2D eigenvalue weighted by Gasteiger charge is -2.49. The maximum atomic E-state index is 5.27. The second kappa shape index (κ2) is 7.77. The highest BCUT2D eigenvalue weighted by atomic mass is 16.5. The van der Waals surface area contributed by atoms with Crippen LogP contribution in [-0.4, -0.2) is 49.8 Å². The van der Waals surface area contributed by atoms with Crippen molar-refractivity contribution in [2.24, 2.45) is 5.41 Å². The monoisotopic (exact) mass is 284 g/mol. The summed E-state index contributed by atoms with van der Waals surface area (Å²) < 4.78 is 5.27. The molecule has 3 heteroatoms. The average molecular weight is 284 g/mol. The highest BCUT2D eigenvalue weighted by molar-refractivity contribution is 4.97. The molecule has 1 aliphatic heterocycles. The Morgan fingerprint density at radius 3 is 2.40 bits per heavy atom. The molecule has 0 spiro atoms. The van der Waals surface area contributed by atoms with Gasteiger partial charge >= 0.3 is 0 Å². The SMILES string of the molecule is CCC1CNC(CC)(CC)CN1CC(C)(C)CCOC. The highest BCUT2D eigenvalue weighted by Gasteiger charge is 2.37. The smallest absolute Gasteiger partial charge is 0.0467 e. The second-order valence-corrected chi connectivity index (χ2v) is 7.24. The number of nitrogens with one attached hydrogen (secondary N) is 1. The van der Waals surface area contributed by atoms with E-state index in [0.717, 1.165) is 19.6 Å². The van der Waals surface area contributed by atoms with Crippen LogP contribution in [0.5, 0.6) is 0 Å². The molecule has 1 fully saturated rings. The van der Waals surface area contributed by atoms with Crippen LogP contribution in [-0.2, 0) is 4.74 Å². The molecule has 0 bridgehead atoms. The van der Waals surface area contributed by atoms with Crippen molar-refractivity contribution < 1.29 is 4.74 Å². The van der Waals surface area contributed by atoms with E-state index in [-0.39, 0.29) is 0 Å². The summed E-state index contributed by atoms with van der Waals surface area (Å²) in [5.41, 5.74) is 0.650. The van der Waals surface area contributed by atoms with Gasteiger partial charge in [-0.25, -0.2) is 0 Å². The van der Waals surface area contributed by atoms with Crippen LogP contribution in [0.4, 0.5) is 0 Å². The van der Waals surface area contributed by atoms with Crippen molar-refractivity contribution >= 4 is 0 Å². The van der Waals surface area contributed by atoms with Gasteiger partial charge in [-0.2, -0.15) is 0 Å². The van der Waals surface area contributed by atoms with E-state index in [4.69, 9.17) is 4.74 Å². The van der Waals surface area contributed by atoms with E-state index in [1.54, 1.807) is 7.11 Å². The molecule has 0 aromatic heterocycles. The Balaban J connectivity index is 2.71. The topological polar surface area (TPSA) is 24.5 Å². The first-order valence-electron chi connectivity index (χ1n) is 8.40. The Kier molecular flexibility index (Phi) is 6.96. The van der Waals surface area contributed by atoms with Crippen molar-refractivity contribution in [3.05, 3.63) is 0 Å². The van der Waals surface area contributed by atoms with Gasteiger partial charge in [0, 0.05) is 44.9 Å². The molecule has 20 heavy (non-hydrogen) atoms. The normalized spacial score (nSPS) is 24.0. The lowest BCUT2D eigenvalue weighted by molar-refractivity contribution is 0.0309. The quantitative estimate of drug-likeness (QED) is 0.740. The summed E-state index contributed by atoms with van der Waals surface area (Å²) in [5.74, 6) is 0. The van der Waals surface area contributed by atoms with Crippen molar-refractivity contribution in [3.63, 3.8) is 0 Å². The lowest BCUT2D eigenvalue weighted by atomic mass is 9.84. The molecule has 0 saturated carbocycles. The molecular formula is C17H36N2O. The van der Waals surface area contributed by atoms with Crippen LogP contribution in [0, 0.1) is 5.41 Å². The molecule has 1 atom stereocenters. The summed E-state index contributed by atoms with van der Waals surface area (Å²) in [7, 11) is 1.80. The van der Waals surface area contributed by atoms with Crippen LogP contribution in [0.2, 0.25) is 0 Å². The first-order valence-corrected chi connectivity index (χ1v) is 8.40. The van der Waals surface area contributed by atoms with Gasteiger partial charge in [0.25, 0.3) is 0 Å². The fourth-order valence-corrected chi connectivity index (χ4v) is 3.36. The zero-order chi connectivity index (χ0) is 15.2. The molecule has 0 amide bonds. The molecule has 0 aromatic rings. The van der Waals surface area contributed by atoms with Gasteiger partial charge < -0.3 is 10.1 Å². The molecule has 1 N–H and O–H groups in total. The Labute approximate surface area is 126 Å². The Bertz CT molecular complexity index is 274. The lowest BCUT2D eigenvalue weighted by Crippen LogP contribution is -2.64. The fourth-order valence-electron chi connectivity index (χ4n) is 3.36. The first-order chi connectivity index (χ1) is 9.42. The van der Waals surface area contributed by atoms with Gasteiger partial charge in [-0.1, -0.05) is 34.6 Å². The third-order valence-electron chi connectivity index (χ3n) is 5.17. The maximum Gasteiger partial charge on any atom is 0.0467 e. The van der Waals surface area contributed by atoms with Gasteiger partial charge in [0.05, 0.1) is 0 Å². The molecule has 1 heterocycles. The Morgan fingerprint density at radius 1 is 1.25 bits per heavy atom. The molecule has 0 aromatic carbocycles. The highest BCUT2D eigenvalue weighted by Crippen LogP contribution is 2.29. The molecule has 0 aliphatic carbocycles. The molecule has 1 aliphatic rings. The molecule has 120 valence electrons. The van der Waals surface area contributed by atoms with Crippen LogP contribution in [0.1, 0.15) is 60.3 Å². The molecule has 0 radical (unpaired) electrons. The van der Waals surface area contributed by atoms with Crippen LogP contribution in [0.3, 0.4) is 0 Å². The Hall–Kier alpha value is -0.120. The minimum Gasteiger partial charge on any atom is -0.385 e. The van der Waals surface area contributed by atoms with Crippen LogP contribution < -0.4 is 5.32 Å². The summed E-state index contributed by atoms with van der Waals surface area (Å²) in [6, 6.07) is 0.683. The van der Waals surface area contributed by atoms with E-state index in [2.05, 4.69) is 44.8 Å². The fraction of sp³-hybridized carbons (Fsp3) is 1.00. The van der Waals surface area contributed by atoms with Gasteiger partial charge in [-0.05, 0) is 31.1 Å². The van der Waals surface area contributed by atoms with E-state index in [0.29, 0.717) is 17.0 Å². The minimum absolute atomic E-state index is 0.322. The summed E-state index contributed by atoms with van der Waals surface area (Å²) in [6.07, 6.45) is 4.80. The van der Waals surface area contributed by atoms with E-state index < -0.39 is 0 Å². The van der Waals surface area contributed by atoms with Crippen LogP contribution in [0.25, 0.3) is 0 Å². The van der Waals surface area contributed by atoms with Gasteiger partial charge in [0.1, 0.15) is 0 Å². The van der Waals surface area contributed by atoms with E-state index in [9.17, 15) is 0 Å². The van der Waals surface area contributed by atoms with Gasteiger partial charge in [0.15, 0.2) is 0 Å². The van der Waals surface area contributed by atoms with Crippen molar-refractivity contribution in [1.29, 1.82) is 0 Å². The summed E-state index contributed by atoms with van der Waals surface area (Å²) in [5, 5.41) is 3.83. The van der Waals surface area contributed by atoms with Gasteiger partial charge in [0.2, 0.25) is 0 Å². The maximum absolute atomic E-state index is 5.27. The van der Waals surface area contributed by atoms with E-state index in [1.165, 1.54) is 32.4 Å². The van der Waals surface area contributed by atoms with Crippen molar-refractivity contribution in [2.75, 3.05) is 33.4 Å². The number of hydrogen-bond acceptors (Lipinski definition) is 3. The molecule has 3 nitrogen and oxygen atoms in total. The standard InChI is InChI=1S/C17H36N2O/c1-7-15-12-18-17(8-2,9-3)14-19(15)13-16(4,5)10-11-20-6/h15,18H,7-14H2,1-6H3. The van der Waals surface area contributed by atoms with Crippen molar-refractivity contribution in [2.45, 2.75) is 71.9 Å². The number of nitrogens with zero attached hydrogens (tertiary/aromatic N) is 1. The zero-order valence-corrected chi connectivity index (χ0v) is 14.6. The van der Waals surface area contributed by atoms with Crippen LogP contribution in [0.15, 0.2) is 0 Å². The zero-order valence-electron chi connectivity index (χ0n) is 14.6. The number of methoxy groups -OCH3 is 1. The van der Waals surface area contributed by atoms with E-state index in [1.807, 2.05) is 0 Å². The van der Waals surface area contributed by atoms with Crippen LogP contribution >= 0.6 is 0 Å². The van der Waals surface area contributed by atoms with E-state index >= 15 is 0 Å². The van der Waals surface area contributed by atoms with Crippen molar-refractivity contribution in [1.82, 2.24) is 10.2 Å². The Morgan fingerprint density at radius 2 is 1.90 bits per heavy atom. The molecular weight excluding hydrogens is 248 g/mol. The second-order valence-electron chi connectivity index (χ2n) is 7.24. The number of hydrogen-bond donors (Lipinski definition) is 1. The molecule has 1 rings (SSSR count). The minimum atomic E-state index is 0.322. The largest absolute Gasteiger partial charge is 0.385 e. The van der Waals surface area contributed by atoms with Gasteiger partial charge in [-0.3, -0.25) is 4.90 Å². The third-order valence-corrected chi connectivity index (χ3v) is 5.17. The predicted molar refractivity (Wildman–Crippen MR) is 87.2 cm³/mol. The average Bonchev–Trinajstić information content (AvgIpc) is 2.44. The summed E-state index contributed by atoms with van der Waals surface area (Å²) in [6.45, 7) is 16.1. The summed E-state index contributed by atoms with van der Waals surface area (Å²) >= 11 is 0. The molecule has 1 unspecified atom stereocenters.